The topological polar surface area (TPSA) is 47.9 Å². The maximum atomic E-state index is 6.62. The number of allylic oxidation sites excluding steroid dienone is 12. The minimum atomic E-state index is -0.588. The van der Waals surface area contributed by atoms with E-state index in [1.807, 2.05) is 0 Å². The molecule has 0 fully saturated rings. The lowest BCUT2D eigenvalue weighted by Gasteiger charge is -2.39. The first kappa shape index (κ1) is 34.8. The largest absolute Gasteiger partial charge is 0.457 e. The van der Waals surface area contributed by atoms with Crippen molar-refractivity contribution in [3.05, 3.63) is 234 Å². The van der Waals surface area contributed by atoms with Gasteiger partial charge in [-0.05, 0) is 62.2 Å². The Bertz CT molecular complexity index is 3090. The minimum absolute atomic E-state index is 0.0511. The molecule has 4 heteroatoms. The Kier molecular flexibility index (Phi) is 7.65. The predicted octanol–water partition coefficient (Wildman–Crippen LogP) is 13.2. The molecule has 5 aliphatic rings. The van der Waals surface area contributed by atoms with E-state index in [-0.39, 0.29) is 23.2 Å². The van der Waals surface area contributed by atoms with E-state index in [0.29, 0.717) is 11.6 Å². The van der Waals surface area contributed by atoms with Crippen LogP contribution in [0.4, 0.5) is 0 Å². The number of fused-ring (bicyclic) bond motifs is 11. The summed E-state index contributed by atoms with van der Waals surface area (Å²) in [6.45, 7) is 4.57. The van der Waals surface area contributed by atoms with Crippen molar-refractivity contribution in [2.24, 2.45) is 17.3 Å². The lowest BCUT2D eigenvalue weighted by Crippen LogP contribution is -2.32. The van der Waals surface area contributed by atoms with Gasteiger partial charge in [0.15, 0.2) is 11.6 Å². The molecule has 7 aromatic rings. The molecule has 12 rings (SSSR count). The number of nitrogens with zero attached hydrogens (tertiary/aromatic N) is 3. The number of benzene rings is 6. The van der Waals surface area contributed by atoms with Crippen LogP contribution in [0.1, 0.15) is 59.2 Å². The number of ether oxygens (including phenoxy) is 1. The Morgan fingerprint density at radius 2 is 1.20 bits per heavy atom. The Balaban J connectivity index is 1.06. The summed E-state index contributed by atoms with van der Waals surface area (Å²) in [4.78, 5) is 16.3. The highest BCUT2D eigenvalue weighted by molar-refractivity contribution is 5.97. The van der Waals surface area contributed by atoms with E-state index in [9.17, 15) is 0 Å². The van der Waals surface area contributed by atoms with E-state index >= 15 is 0 Å². The van der Waals surface area contributed by atoms with Gasteiger partial charge >= 0.3 is 0 Å². The van der Waals surface area contributed by atoms with E-state index in [4.69, 9.17) is 19.7 Å². The maximum Gasteiger partial charge on any atom is 0.164 e. The molecule has 0 radical (unpaired) electrons. The Hall–Kier alpha value is -7.17. The van der Waals surface area contributed by atoms with Gasteiger partial charge in [0.2, 0.25) is 0 Å². The molecule has 6 aromatic carbocycles. The molecule has 4 atom stereocenters. The van der Waals surface area contributed by atoms with Crippen LogP contribution in [0.25, 0.3) is 44.4 Å². The number of para-hydroxylation sites is 2. The van der Waals surface area contributed by atoms with Crippen LogP contribution in [-0.4, -0.2) is 15.0 Å². The average Bonchev–Trinajstić information content (AvgIpc) is 3.59. The average molecular weight is 772 g/mol. The highest BCUT2D eigenvalue weighted by atomic mass is 16.5. The minimum Gasteiger partial charge on any atom is -0.457 e. The summed E-state index contributed by atoms with van der Waals surface area (Å²) in [5.41, 5.74) is 10.8. The summed E-state index contributed by atoms with van der Waals surface area (Å²) >= 11 is 0. The van der Waals surface area contributed by atoms with E-state index in [2.05, 4.69) is 208 Å². The molecule has 0 saturated carbocycles. The van der Waals surface area contributed by atoms with Gasteiger partial charge in [-0.3, -0.25) is 0 Å². The molecule has 0 N–H and O–H groups in total. The molecule has 2 heterocycles. The van der Waals surface area contributed by atoms with Crippen LogP contribution >= 0.6 is 0 Å². The molecular formula is C56H41N3O. The number of hydrogen-bond donors (Lipinski definition) is 0. The molecule has 1 spiro atoms. The molecule has 4 unspecified atom stereocenters. The van der Waals surface area contributed by atoms with Crippen LogP contribution in [-0.2, 0) is 5.41 Å². The fourth-order valence-corrected chi connectivity index (χ4v) is 10.5. The predicted molar refractivity (Wildman–Crippen MR) is 243 cm³/mol. The monoisotopic (exact) mass is 771 g/mol. The normalized spacial score (nSPS) is 22.3. The summed E-state index contributed by atoms with van der Waals surface area (Å²) in [5.74, 6) is 4.18. The third kappa shape index (κ3) is 5.07. The SMILES string of the molecule is CC1C=C(c2cccc3ccccc23)C=CC1c1nc(C2=CC3C=CC=CC3(C)C=C2)nc(-c2cccc3c2-c2ccccc2C32c3ccccc3Oc3ccccc32)n1. The summed E-state index contributed by atoms with van der Waals surface area (Å²) in [6, 6.07) is 47.7. The second-order valence-electron chi connectivity index (χ2n) is 16.9. The second-order valence-corrected chi connectivity index (χ2v) is 16.9. The van der Waals surface area contributed by atoms with Crippen LogP contribution in [0.5, 0.6) is 11.5 Å². The third-order valence-corrected chi connectivity index (χ3v) is 13.5. The summed E-state index contributed by atoms with van der Waals surface area (Å²) < 4.78 is 6.62. The van der Waals surface area contributed by atoms with Crippen molar-refractivity contribution in [1.82, 2.24) is 15.0 Å². The molecule has 60 heavy (non-hydrogen) atoms. The lowest BCUT2D eigenvalue weighted by molar-refractivity contribution is 0.436. The number of hydrogen-bond acceptors (Lipinski definition) is 4. The maximum absolute atomic E-state index is 6.62. The molecule has 4 aliphatic carbocycles. The second kappa shape index (κ2) is 13.2. The standard InChI is InChI=1S/C56H41N3O/c1-35-33-37(42-20-13-16-36-15-3-4-18-41(36)42)28-29-40(35)53-57-52(38-30-32-55(2)31-12-11-17-39(55)34-38)58-54(59-53)44-21-14-25-48-51(44)43-19-5-6-22-45(43)56(48)46-23-7-9-26-49(46)60-50-27-10-8-24-47(50)56/h3-35,39-40H,1-2H3. The molecule has 1 aliphatic heterocycles. The van der Waals surface area contributed by atoms with Crippen LogP contribution in [0.15, 0.2) is 194 Å². The summed E-state index contributed by atoms with van der Waals surface area (Å²) in [5, 5.41) is 2.50. The first-order valence-corrected chi connectivity index (χ1v) is 21.0. The van der Waals surface area contributed by atoms with Gasteiger partial charge in [-0.1, -0.05) is 196 Å². The highest BCUT2D eigenvalue weighted by Gasteiger charge is 2.51. The van der Waals surface area contributed by atoms with E-state index < -0.39 is 5.41 Å². The van der Waals surface area contributed by atoms with Gasteiger partial charge in [0, 0.05) is 39.5 Å². The van der Waals surface area contributed by atoms with Crippen molar-refractivity contribution in [3.8, 4) is 34.0 Å². The van der Waals surface area contributed by atoms with Crippen LogP contribution in [0, 0.1) is 17.3 Å². The number of aromatic nitrogens is 3. The fraction of sp³-hybridized carbons (Fsp3) is 0.125. The van der Waals surface area contributed by atoms with Gasteiger partial charge in [0.1, 0.15) is 17.3 Å². The molecule has 0 bridgehead atoms. The van der Waals surface area contributed by atoms with Crippen molar-refractivity contribution in [2.45, 2.75) is 25.2 Å². The van der Waals surface area contributed by atoms with Gasteiger partial charge in [0.25, 0.3) is 0 Å². The van der Waals surface area contributed by atoms with E-state index in [1.165, 1.54) is 38.6 Å². The Morgan fingerprint density at radius 1 is 0.533 bits per heavy atom. The molecule has 286 valence electrons. The first-order chi connectivity index (χ1) is 29.5. The van der Waals surface area contributed by atoms with E-state index in [0.717, 1.165) is 45.2 Å². The van der Waals surface area contributed by atoms with Crippen LogP contribution in [0.2, 0.25) is 0 Å². The molecule has 1 aromatic heterocycles. The zero-order chi connectivity index (χ0) is 40.0. The molecule has 4 nitrogen and oxygen atoms in total. The van der Waals surface area contributed by atoms with Gasteiger partial charge in [-0.25, -0.2) is 15.0 Å². The highest BCUT2D eigenvalue weighted by Crippen LogP contribution is 2.63. The Labute approximate surface area is 350 Å². The quantitative estimate of drug-likeness (QED) is 0.179. The molecular weight excluding hydrogens is 731 g/mol. The zero-order valence-corrected chi connectivity index (χ0v) is 33.5. The molecule has 0 saturated heterocycles. The van der Waals surface area contributed by atoms with Crippen molar-refractivity contribution in [3.63, 3.8) is 0 Å². The first-order valence-electron chi connectivity index (χ1n) is 21.0. The summed E-state index contributed by atoms with van der Waals surface area (Å²) in [7, 11) is 0. The van der Waals surface area contributed by atoms with Gasteiger partial charge in [-0.15, -0.1) is 0 Å². The van der Waals surface area contributed by atoms with E-state index in [1.54, 1.807) is 0 Å². The van der Waals surface area contributed by atoms with Gasteiger partial charge < -0.3 is 4.74 Å². The third-order valence-electron chi connectivity index (χ3n) is 13.5. The number of rotatable bonds is 4. The zero-order valence-electron chi connectivity index (χ0n) is 33.5. The van der Waals surface area contributed by atoms with Crippen LogP contribution < -0.4 is 4.74 Å². The Morgan fingerprint density at radius 3 is 2.03 bits per heavy atom. The van der Waals surface area contributed by atoms with Gasteiger partial charge in [0.05, 0.1) is 5.41 Å². The van der Waals surface area contributed by atoms with Crippen molar-refractivity contribution < 1.29 is 4.74 Å². The lowest BCUT2D eigenvalue weighted by atomic mass is 9.66. The fourth-order valence-electron chi connectivity index (χ4n) is 10.5. The van der Waals surface area contributed by atoms with Crippen molar-refractivity contribution in [1.29, 1.82) is 0 Å². The van der Waals surface area contributed by atoms with Crippen molar-refractivity contribution >= 4 is 21.9 Å². The van der Waals surface area contributed by atoms with Gasteiger partial charge in [-0.2, -0.15) is 0 Å². The van der Waals surface area contributed by atoms with Crippen LogP contribution in [0.3, 0.4) is 0 Å². The van der Waals surface area contributed by atoms with Crippen molar-refractivity contribution in [2.75, 3.05) is 0 Å². The molecule has 0 amide bonds. The summed E-state index contributed by atoms with van der Waals surface area (Å²) in [6.07, 6.45) is 22.6. The smallest absolute Gasteiger partial charge is 0.164 e.